The van der Waals surface area contributed by atoms with Crippen molar-refractivity contribution < 1.29 is 9.15 Å². The number of ether oxygens (including phenoxy) is 1. The van der Waals surface area contributed by atoms with E-state index < -0.39 is 0 Å². The van der Waals surface area contributed by atoms with Crippen molar-refractivity contribution in [2.75, 3.05) is 20.2 Å². The molecule has 0 saturated carbocycles. The van der Waals surface area contributed by atoms with Gasteiger partial charge in [0.2, 0.25) is 0 Å². The number of halogens is 1. The Balaban J connectivity index is 0.000000351. The highest BCUT2D eigenvalue weighted by Crippen LogP contribution is 2.22. The van der Waals surface area contributed by atoms with Crippen LogP contribution in [0.25, 0.3) is 11.3 Å². The molecule has 0 radical (unpaired) electrons. The second-order valence-corrected chi connectivity index (χ2v) is 6.46. The zero-order valence-electron chi connectivity index (χ0n) is 15.3. The van der Waals surface area contributed by atoms with Gasteiger partial charge < -0.3 is 14.5 Å². The number of nitrogens with one attached hydrogen (secondary N) is 1. The molecule has 0 spiro atoms. The number of rotatable bonds is 4. The maximum Gasteiger partial charge on any atom is 0.133 e. The molecule has 0 amide bonds. The molecule has 4 heteroatoms. The molecule has 4 rings (SSSR count). The highest BCUT2D eigenvalue weighted by atomic mass is 35.5. The van der Waals surface area contributed by atoms with Crippen LogP contribution in [0, 0.1) is 0 Å². The van der Waals surface area contributed by atoms with E-state index in [4.69, 9.17) is 9.15 Å². The second-order valence-electron chi connectivity index (χ2n) is 6.46. The van der Waals surface area contributed by atoms with Crippen molar-refractivity contribution in [3.8, 4) is 11.3 Å². The molecule has 1 aliphatic carbocycles. The summed E-state index contributed by atoms with van der Waals surface area (Å²) in [5, 5.41) is 3.22. The van der Waals surface area contributed by atoms with Gasteiger partial charge in [0, 0.05) is 12.7 Å². The monoisotopic (exact) mass is 373 g/mol. The van der Waals surface area contributed by atoms with Gasteiger partial charge in [0.05, 0.1) is 12.4 Å². The molecule has 0 bridgehead atoms. The predicted octanol–water partition coefficient (Wildman–Crippen LogP) is 5.18. The minimum absolute atomic E-state index is 0. The van der Waals surface area contributed by atoms with E-state index in [1.54, 1.807) is 13.4 Å². The second kappa shape index (κ2) is 11.0. The maximum atomic E-state index is 5.40. The summed E-state index contributed by atoms with van der Waals surface area (Å²) >= 11 is 0. The minimum atomic E-state index is 0. The average molecular weight is 374 g/mol. The lowest BCUT2D eigenvalue weighted by Gasteiger charge is -2.14. The fraction of sp³-hybridized carbons (Fsp3) is 0.364. The third-order valence-electron chi connectivity index (χ3n) is 4.57. The van der Waals surface area contributed by atoms with Crippen molar-refractivity contribution in [3.05, 3.63) is 72.0 Å². The minimum Gasteiger partial charge on any atom is -0.464 e. The van der Waals surface area contributed by atoms with Crippen molar-refractivity contribution in [3.63, 3.8) is 0 Å². The molecule has 1 aliphatic heterocycles. The summed E-state index contributed by atoms with van der Waals surface area (Å²) in [5.41, 5.74) is 3.78. The fourth-order valence-corrected chi connectivity index (χ4v) is 3.04. The molecule has 2 aliphatic rings. The van der Waals surface area contributed by atoms with Crippen LogP contribution in [-0.4, -0.2) is 26.3 Å². The molecule has 2 aromatic rings. The summed E-state index contributed by atoms with van der Waals surface area (Å²) in [5.74, 6) is 0.913. The van der Waals surface area contributed by atoms with Crippen LogP contribution in [0.4, 0.5) is 0 Å². The summed E-state index contributed by atoms with van der Waals surface area (Å²) in [6, 6.07) is 12.4. The molecule has 1 saturated heterocycles. The normalized spacial score (nSPS) is 18.5. The smallest absolute Gasteiger partial charge is 0.133 e. The Morgan fingerprint density at radius 1 is 1.12 bits per heavy atom. The number of hydrogen-bond acceptors (Lipinski definition) is 3. The number of furan rings is 1. The molecule has 2 heterocycles. The summed E-state index contributed by atoms with van der Waals surface area (Å²) in [6.07, 6.45) is 13.2. The third-order valence-corrected chi connectivity index (χ3v) is 4.57. The number of hydrogen-bond donors (Lipinski definition) is 1. The van der Waals surface area contributed by atoms with E-state index >= 15 is 0 Å². The van der Waals surface area contributed by atoms with Gasteiger partial charge >= 0.3 is 0 Å². The molecule has 3 nitrogen and oxygen atoms in total. The Morgan fingerprint density at radius 2 is 1.88 bits per heavy atom. The topological polar surface area (TPSA) is 34.4 Å². The Bertz CT molecular complexity index is 678. The van der Waals surface area contributed by atoms with E-state index in [0.717, 1.165) is 24.2 Å². The highest BCUT2D eigenvalue weighted by molar-refractivity contribution is 5.85. The first kappa shape index (κ1) is 20.5. The molecule has 1 unspecified atom stereocenters. The van der Waals surface area contributed by atoms with Crippen molar-refractivity contribution in [2.45, 2.75) is 31.8 Å². The first-order valence-electron chi connectivity index (χ1n) is 9.09. The summed E-state index contributed by atoms with van der Waals surface area (Å²) < 4.78 is 10.7. The van der Waals surface area contributed by atoms with Crippen molar-refractivity contribution >= 4 is 12.4 Å². The van der Waals surface area contributed by atoms with Gasteiger partial charge in [0.1, 0.15) is 5.76 Å². The number of allylic oxidation sites excluding steroid dienone is 2. The van der Waals surface area contributed by atoms with Crippen LogP contribution >= 0.6 is 12.4 Å². The van der Waals surface area contributed by atoms with Crippen molar-refractivity contribution in [1.82, 2.24) is 5.32 Å². The molecule has 26 heavy (non-hydrogen) atoms. The van der Waals surface area contributed by atoms with Crippen LogP contribution in [0.1, 0.15) is 24.8 Å². The molecule has 1 aromatic heterocycles. The van der Waals surface area contributed by atoms with E-state index in [2.05, 4.69) is 47.8 Å². The molecule has 1 fully saturated rings. The molecule has 140 valence electrons. The Morgan fingerprint density at radius 3 is 2.38 bits per heavy atom. The quantitative estimate of drug-likeness (QED) is 0.801. The zero-order valence-corrected chi connectivity index (χ0v) is 16.1. The van der Waals surface area contributed by atoms with E-state index in [-0.39, 0.29) is 18.5 Å². The lowest BCUT2D eigenvalue weighted by molar-refractivity contribution is 0.142. The first-order chi connectivity index (χ1) is 12.3. The SMILES string of the molecule is C1CCNC1.COC1C=CC(Cc2ccc(-c3ccco3)cc2)=CC1.Cl. The predicted molar refractivity (Wildman–Crippen MR) is 110 cm³/mol. The van der Waals surface area contributed by atoms with Gasteiger partial charge in [-0.25, -0.2) is 0 Å². The van der Waals surface area contributed by atoms with Crippen LogP contribution in [-0.2, 0) is 11.2 Å². The van der Waals surface area contributed by atoms with Crippen LogP contribution in [0.15, 0.2) is 70.9 Å². The molecule has 1 aromatic carbocycles. The van der Waals surface area contributed by atoms with Gasteiger partial charge in [0.15, 0.2) is 0 Å². The molecule has 1 atom stereocenters. The fourth-order valence-electron chi connectivity index (χ4n) is 3.04. The molecular formula is C22H28ClNO2. The summed E-state index contributed by atoms with van der Waals surface area (Å²) in [4.78, 5) is 0. The average Bonchev–Trinajstić information content (AvgIpc) is 3.39. The Kier molecular flexibility index (Phi) is 8.69. The van der Waals surface area contributed by atoms with Crippen LogP contribution < -0.4 is 5.32 Å². The first-order valence-corrected chi connectivity index (χ1v) is 9.09. The van der Waals surface area contributed by atoms with Crippen LogP contribution in [0.3, 0.4) is 0 Å². The third kappa shape index (κ3) is 6.17. The highest BCUT2D eigenvalue weighted by Gasteiger charge is 2.08. The maximum absolute atomic E-state index is 5.40. The van der Waals surface area contributed by atoms with Gasteiger partial charge in [-0.15, -0.1) is 12.4 Å². The van der Waals surface area contributed by atoms with Gasteiger partial charge in [-0.3, -0.25) is 0 Å². The van der Waals surface area contributed by atoms with Crippen LogP contribution in [0.5, 0.6) is 0 Å². The van der Waals surface area contributed by atoms with E-state index in [9.17, 15) is 0 Å². The largest absolute Gasteiger partial charge is 0.464 e. The molecular weight excluding hydrogens is 346 g/mol. The van der Waals surface area contributed by atoms with Gasteiger partial charge in [0.25, 0.3) is 0 Å². The van der Waals surface area contributed by atoms with Gasteiger partial charge in [-0.2, -0.15) is 0 Å². The lowest BCUT2D eigenvalue weighted by atomic mass is 9.97. The Labute approximate surface area is 162 Å². The lowest BCUT2D eigenvalue weighted by Crippen LogP contribution is -2.08. The van der Waals surface area contributed by atoms with Crippen molar-refractivity contribution in [1.29, 1.82) is 0 Å². The standard InChI is InChI=1S/C18H18O2.C4H9N.ClH/c1-19-17-10-6-15(7-11-17)13-14-4-8-16(9-5-14)18-3-2-12-20-18;1-2-4-5-3-1;/h2-10,12,17H,11,13H2,1H3;5H,1-4H2;1H. The molecule has 1 N–H and O–H groups in total. The summed E-state index contributed by atoms with van der Waals surface area (Å²) in [7, 11) is 1.75. The number of benzene rings is 1. The Hall–Kier alpha value is -1.81. The number of methoxy groups -OCH3 is 1. The summed E-state index contributed by atoms with van der Waals surface area (Å²) in [6.45, 7) is 2.50. The van der Waals surface area contributed by atoms with E-state index in [0.29, 0.717) is 0 Å². The zero-order chi connectivity index (χ0) is 17.3. The van der Waals surface area contributed by atoms with Crippen LogP contribution in [0.2, 0.25) is 0 Å². The van der Waals surface area contributed by atoms with E-state index in [1.807, 2.05) is 12.1 Å². The van der Waals surface area contributed by atoms with Gasteiger partial charge in [-0.05, 0) is 62.0 Å². The van der Waals surface area contributed by atoms with E-state index in [1.165, 1.54) is 37.1 Å². The van der Waals surface area contributed by atoms with Crippen molar-refractivity contribution in [2.24, 2.45) is 0 Å². The van der Waals surface area contributed by atoms with Gasteiger partial charge in [-0.1, -0.05) is 42.5 Å².